The van der Waals surface area contributed by atoms with Crippen LogP contribution in [0, 0.1) is 5.41 Å². The Bertz CT molecular complexity index is 224. The molecular formula is C13H25NO2. The largest absolute Gasteiger partial charge is 0.391 e. The first-order chi connectivity index (χ1) is 7.64. The summed E-state index contributed by atoms with van der Waals surface area (Å²) >= 11 is 0. The summed E-state index contributed by atoms with van der Waals surface area (Å²) in [4.78, 5) is 2.43. The molecule has 2 aliphatic rings. The van der Waals surface area contributed by atoms with Gasteiger partial charge in [0.15, 0.2) is 0 Å². The number of piperidine rings is 1. The summed E-state index contributed by atoms with van der Waals surface area (Å²) in [6.07, 6.45) is 4.40. The van der Waals surface area contributed by atoms with Crippen LogP contribution in [0.25, 0.3) is 0 Å². The Balaban J connectivity index is 1.88. The van der Waals surface area contributed by atoms with Gasteiger partial charge in [0.25, 0.3) is 0 Å². The molecule has 94 valence electrons. The second-order valence-corrected chi connectivity index (χ2v) is 5.70. The van der Waals surface area contributed by atoms with Gasteiger partial charge in [0.1, 0.15) is 0 Å². The summed E-state index contributed by atoms with van der Waals surface area (Å²) in [5.41, 5.74) is 0.525. The lowest BCUT2D eigenvalue weighted by molar-refractivity contribution is -0.0746. The van der Waals surface area contributed by atoms with Crippen LogP contribution in [0.5, 0.6) is 0 Å². The molecule has 0 radical (unpaired) electrons. The van der Waals surface area contributed by atoms with E-state index in [1.165, 1.54) is 19.3 Å². The maximum absolute atomic E-state index is 9.99. The van der Waals surface area contributed by atoms with Crippen molar-refractivity contribution in [2.75, 3.05) is 26.3 Å². The lowest BCUT2D eigenvalue weighted by atomic mass is 9.78. The second kappa shape index (κ2) is 5.03. The van der Waals surface area contributed by atoms with Gasteiger partial charge in [-0.15, -0.1) is 0 Å². The molecule has 0 aromatic rings. The van der Waals surface area contributed by atoms with E-state index >= 15 is 0 Å². The van der Waals surface area contributed by atoms with Gasteiger partial charge >= 0.3 is 0 Å². The van der Waals surface area contributed by atoms with E-state index in [2.05, 4.69) is 18.7 Å². The Hall–Kier alpha value is -0.120. The summed E-state index contributed by atoms with van der Waals surface area (Å²) in [6, 6.07) is 0.246. The summed E-state index contributed by atoms with van der Waals surface area (Å²) in [5, 5.41) is 9.99. The van der Waals surface area contributed by atoms with Gasteiger partial charge in [-0.2, -0.15) is 0 Å². The molecule has 2 fully saturated rings. The zero-order chi connectivity index (χ0) is 11.6. The molecule has 0 aromatic heterocycles. The fourth-order valence-corrected chi connectivity index (χ4v) is 2.81. The van der Waals surface area contributed by atoms with Gasteiger partial charge in [0.2, 0.25) is 0 Å². The van der Waals surface area contributed by atoms with Gasteiger partial charge in [-0.3, -0.25) is 4.90 Å². The highest BCUT2D eigenvalue weighted by atomic mass is 16.5. The first-order valence-corrected chi connectivity index (χ1v) is 6.64. The number of hydrogen-bond acceptors (Lipinski definition) is 3. The van der Waals surface area contributed by atoms with Crippen LogP contribution in [0.1, 0.15) is 39.5 Å². The Morgan fingerprint density at radius 1 is 1.38 bits per heavy atom. The number of aliphatic hydroxyl groups excluding tert-OH is 1. The van der Waals surface area contributed by atoms with Crippen molar-refractivity contribution in [2.45, 2.75) is 51.7 Å². The maximum atomic E-state index is 9.99. The van der Waals surface area contributed by atoms with Crippen LogP contribution in [0.4, 0.5) is 0 Å². The van der Waals surface area contributed by atoms with Crippen molar-refractivity contribution in [1.82, 2.24) is 4.90 Å². The van der Waals surface area contributed by atoms with Gasteiger partial charge in [-0.05, 0) is 37.8 Å². The molecule has 2 atom stereocenters. The third kappa shape index (κ3) is 2.58. The third-order valence-electron chi connectivity index (χ3n) is 4.62. The van der Waals surface area contributed by atoms with E-state index in [1.54, 1.807) is 0 Å². The molecule has 0 amide bonds. The van der Waals surface area contributed by atoms with E-state index < -0.39 is 0 Å². The predicted octanol–water partition coefficient (Wildman–Crippen LogP) is 1.65. The van der Waals surface area contributed by atoms with E-state index in [4.69, 9.17) is 4.74 Å². The molecule has 2 aliphatic heterocycles. The highest BCUT2D eigenvalue weighted by molar-refractivity contribution is 4.88. The molecule has 2 heterocycles. The van der Waals surface area contributed by atoms with Crippen molar-refractivity contribution < 1.29 is 9.84 Å². The standard InChI is InChI=1S/C13H25NO2/c1-3-13(2)5-7-14(8-6-13)11-10-16-9-4-12(11)15/h11-12,15H,3-10H2,1-2H3. The van der Waals surface area contributed by atoms with Crippen LogP contribution in [-0.4, -0.2) is 48.5 Å². The average Bonchev–Trinajstić information content (AvgIpc) is 2.31. The fraction of sp³-hybridized carbons (Fsp3) is 1.00. The zero-order valence-electron chi connectivity index (χ0n) is 10.6. The molecule has 2 rings (SSSR count). The first-order valence-electron chi connectivity index (χ1n) is 6.64. The SMILES string of the molecule is CCC1(C)CCN(C2COCCC2O)CC1. The van der Waals surface area contributed by atoms with Gasteiger partial charge in [0, 0.05) is 6.61 Å². The predicted molar refractivity (Wildman–Crippen MR) is 64.4 cm³/mol. The molecule has 0 aliphatic carbocycles. The minimum absolute atomic E-state index is 0.181. The number of hydrogen-bond donors (Lipinski definition) is 1. The fourth-order valence-electron chi connectivity index (χ4n) is 2.81. The van der Waals surface area contributed by atoms with Gasteiger partial charge in [-0.1, -0.05) is 20.3 Å². The maximum Gasteiger partial charge on any atom is 0.0739 e. The molecule has 2 saturated heterocycles. The molecule has 2 unspecified atom stereocenters. The molecule has 0 bridgehead atoms. The minimum atomic E-state index is -0.181. The van der Waals surface area contributed by atoms with E-state index in [0.29, 0.717) is 12.0 Å². The molecule has 0 aromatic carbocycles. The van der Waals surface area contributed by atoms with Crippen molar-refractivity contribution in [2.24, 2.45) is 5.41 Å². The highest BCUT2D eigenvalue weighted by Crippen LogP contribution is 2.35. The minimum Gasteiger partial charge on any atom is -0.391 e. The van der Waals surface area contributed by atoms with E-state index in [9.17, 15) is 5.11 Å². The Morgan fingerprint density at radius 2 is 2.06 bits per heavy atom. The third-order valence-corrected chi connectivity index (χ3v) is 4.62. The monoisotopic (exact) mass is 227 g/mol. The topological polar surface area (TPSA) is 32.7 Å². The lowest BCUT2D eigenvalue weighted by Gasteiger charge is -2.44. The number of likely N-dealkylation sites (tertiary alicyclic amines) is 1. The van der Waals surface area contributed by atoms with Crippen molar-refractivity contribution in [1.29, 1.82) is 0 Å². The molecule has 3 nitrogen and oxygen atoms in total. The van der Waals surface area contributed by atoms with Crippen molar-refractivity contribution in [3.05, 3.63) is 0 Å². The quantitative estimate of drug-likeness (QED) is 0.778. The molecule has 0 spiro atoms. The van der Waals surface area contributed by atoms with Gasteiger partial charge < -0.3 is 9.84 Å². The number of ether oxygens (including phenoxy) is 1. The lowest BCUT2D eigenvalue weighted by Crippen LogP contribution is -2.53. The Morgan fingerprint density at radius 3 is 2.62 bits per heavy atom. The van der Waals surface area contributed by atoms with Crippen molar-refractivity contribution >= 4 is 0 Å². The molecule has 0 saturated carbocycles. The van der Waals surface area contributed by atoms with E-state index in [-0.39, 0.29) is 12.1 Å². The summed E-state index contributed by atoms with van der Waals surface area (Å²) in [5.74, 6) is 0. The normalized spacial score (nSPS) is 36.2. The summed E-state index contributed by atoms with van der Waals surface area (Å²) < 4.78 is 5.48. The second-order valence-electron chi connectivity index (χ2n) is 5.70. The van der Waals surface area contributed by atoms with Crippen LogP contribution in [-0.2, 0) is 4.74 Å². The molecule has 1 N–H and O–H groups in total. The smallest absolute Gasteiger partial charge is 0.0739 e. The average molecular weight is 227 g/mol. The van der Waals surface area contributed by atoms with Crippen LogP contribution in [0.3, 0.4) is 0 Å². The summed E-state index contributed by atoms with van der Waals surface area (Å²) in [6.45, 7) is 8.35. The molecule has 16 heavy (non-hydrogen) atoms. The van der Waals surface area contributed by atoms with Gasteiger partial charge in [-0.25, -0.2) is 0 Å². The van der Waals surface area contributed by atoms with Crippen molar-refractivity contribution in [3.63, 3.8) is 0 Å². The number of nitrogens with zero attached hydrogens (tertiary/aromatic N) is 1. The molecule has 3 heteroatoms. The zero-order valence-corrected chi connectivity index (χ0v) is 10.6. The van der Waals surface area contributed by atoms with Crippen molar-refractivity contribution in [3.8, 4) is 0 Å². The van der Waals surface area contributed by atoms with Gasteiger partial charge in [0.05, 0.1) is 18.8 Å². The first kappa shape index (κ1) is 12.3. The van der Waals surface area contributed by atoms with E-state index in [1.807, 2.05) is 0 Å². The number of aliphatic hydroxyl groups is 1. The highest BCUT2D eigenvalue weighted by Gasteiger charge is 2.35. The van der Waals surface area contributed by atoms with Crippen LogP contribution in [0.15, 0.2) is 0 Å². The summed E-state index contributed by atoms with van der Waals surface area (Å²) in [7, 11) is 0. The van der Waals surface area contributed by atoms with Crippen LogP contribution in [0.2, 0.25) is 0 Å². The van der Waals surface area contributed by atoms with Crippen LogP contribution < -0.4 is 0 Å². The Labute approximate surface area is 98.8 Å². The molecular weight excluding hydrogens is 202 g/mol. The number of rotatable bonds is 2. The van der Waals surface area contributed by atoms with Crippen LogP contribution >= 0.6 is 0 Å². The Kier molecular flexibility index (Phi) is 3.88. The van der Waals surface area contributed by atoms with E-state index in [0.717, 1.165) is 26.1 Å².